The molecule has 1 N–H and O–H groups in total. The van der Waals surface area contributed by atoms with Gasteiger partial charge in [-0.2, -0.15) is 0 Å². The predicted molar refractivity (Wildman–Crippen MR) is 66.8 cm³/mol. The largest absolute Gasteiger partial charge is 0.380 e. The monoisotopic (exact) mass is 229 g/mol. The molecule has 1 aliphatic heterocycles. The minimum absolute atomic E-state index is 0.483. The molecule has 3 nitrogen and oxygen atoms in total. The normalized spacial score (nSPS) is 23.2. The van der Waals surface area contributed by atoms with Crippen LogP contribution in [0.3, 0.4) is 0 Å². The van der Waals surface area contributed by atoms with E-state index in [1.54, 1.807) is 0 Å². The van der Waals surface area contributed by atoms with Crippen molar-refractivity contribution in [3.8, 4) is 0 Å². The van der Waals surface area contributed by atoms with E-state index in [2.05, 4.69) is 12.2 Å². The molecule has 2 atom stereocenters. The van der Waals surface area contributed by atoms with Gasteiger partial charge in [0.1, 0.15) is 0 Å². The van der Waals surface area contributed by atoms with Gasteiger partial charge in [-0.25, -0.2) is 0 Å². The fraction of sp³-hybridized carbons (Fsp3) is 1.00. The lowest BCUT2D eigenvalue weighted by Crippen LogP contribution is -2.32. The Morgan fingerprint density at radius 2 is 2.31 bits per heavy atom. The molecule has 0 saturated carbocycles. The van der Waals surface area contributed by atoms with E-state index in [1.807, 2.05) is 7.05 Å². The zero-order valence-electron chi connectivity index (χ0n) is 10.8. The van der Waals surface area contributed by atoms with Gasteiger partial charge in [-0.1, -0.05) is 6.92 Å². The maximum Gasteiger partial charge on any atom is 0.0619 e. The van der Waals surface area contributed by atoms with Crippen LogP contribution in [-0.2, 0) is 9.47 Å². The van der Waals surface area contributed by atoms with Crippen LogP contribution in [0.4, 0.5) is 0 Å². The van der Waals surface area contributed by atoms with Gasteiger partial charge in [-0.15, -0.1) is 0 Å². The highest BCUT2D eigenvalue weighted by Gasteiger charge is 2.15. The Bertz CT molecular complexity index is 158. The predicted octanol–water partition coefficient (Wildman–Crippen LogP) is 2.35. The molecule has 0 amide bonds. The first-order chi connectivity index (χ1) is 7.86. The van der Waals surface area contributed by atoms with Crippen molar-refractivity contribution in [2.45, 2.75) is 57.6 Å². The number of likely N-dealkylation sites (N-methyl/N-ethyl adjacent to an activating group) is 1. The van der Waals surface area contributed by atoms with Gasteiger partial charge in [-0.05, 0) is 45.6 Å². The lowest BCUT2D eigenvalue weighted by Gasteiger charge is -2.24. The molecule has 0 aromatic carbocycles. The van der Waals surface area contributed by atoms with Crippen LogP contribution in [0, 0.1) is 0 Å². The molecule has 1 saturated heterocycles. The number of ether oxygens (including phenoxy) is 2. The third-order valence-corrected chi connectivity index (χ3v) is 3.19. The van der Waals surface area contributed by atoms with Crippen molar-refractivity contribution in [2.24, 2.45) is 0 Å². The lowest BCUT2D eigenvalue weighted by atomic mass is 10.0. The van der Waals surface area contributed by atoms with Gasteiger partial charge in [0.05, 0.1) is 12.7 Å². The molecule has 16 heavy (non-hydrogen) atoms. The van der Waals surface area contributed by atoms with Crippen LogP contribution >= 0.6 is 0 Å². The first-order valence-corrected chi connectivity index (χ1v) is 6.73. The summed E-state index contributed by atoms with van der Waals surface area (Å²) in [6.07, 6.45) is 7.74. The van der Waals surface area contributed by atoms with Crippen LogP contribution in [0.2, 0.25) is 0 Å². The second-order valence-corrected chi connectivity index (χ2v) is 4.63. The quantitative estimate of drug-likeness (QED) is 0.648. The summed E-state index contributed by atoms with van der Waals surface area (Å²) in [5.74, 6) is 0. The van der Waals surface area contributed by atoms with Gasteiger partial charge >= 0.3 is 0 Å². The van der Waals surface area contributed by atoms with Crippen LogP contribution in [0.15, 0.2) is 0 Å². The van der Waals surface area contributed by atoms with Crippen molar-refractivity contribution < 1.29 is 9.47 Å². The summed E-state index contributed by atoms with van der Waals surface area (Å²) in [7, 11) is 2.02. The molecular weight excluding hydrogens is 202 g/mol. The van der Waals surface area contributed by atoms with E-state index in [1.165, 1.54) is 25.7 Å². The molecule has 1 fully saturated rings. The van der Waals surface area contributed by atoms with Gasteiger partial charge < -0.3 is 14.8 Å². The van der Waals surface area contributed by atoms with Crippen molar-refractivity contribution in [2.75, 3.05) is 26.9 Å². The number of rotatable bonds is 8. The van der Waals surface area contributed by atoms with Crippen LogP contribution in [0.25, 0.3) is 0 Å². The molecule has 1 heterocycles. The van der Waals surface area contributed by atoms with Crippen LogP contribution in [-0.4, -0.2) is 39.0 Å². The highest BCUT2D eigenvalue weighted by Crippen LogP contribution is 2.17. The zero-order chi connectivity index (χ0) is 11.6. The second kappa shape index (κ2) is 8.97. The van der Waals surface area contributed by atoms with Gasteiger partial charge in [0.25, 0.3) is 0 Å². The highest BCUT2D eigenvalue weighted by molar-refractivity contribution is 4.70. The molecule has 0 aliphatic carbocycles. The number of hydrogen-bond acceptors (Lipinski definition) is 3. The van der Waals surface area contributed by atoms with E-state index >= 15 is 0 Å². The first-order valence-electron chi connectivity index (χ1n) is 6.73. The summed E-state index contributed by atoms with van der Waals surface area (Å²) in [5, 5.41) is 3.32. The van der Waals surface area contributed by atoms with Crippen LogP contribution in [0.5, 0.6) is 0 Å². The highest BCUT2D eigenvalue weighted by atomic mass is 16.5. The van der Waals surface area contributed by atoms with E-state index in [0.29, 0.717) is 12.1 Å². The SMILES string of the molecule is CCCOCC(CCC1CCCCO1)NC. The summed E-state index contributed by atoms with van der Waals surface area (Å²) >= 11 is 0. The summed E-state index contributed by atoms with van der Waals surface area (Å²) < 4.78 is 11.3. The Morgan fingerprint density at radius 1 is 1.44 bits per heavy atom. The van der Waals surface area contributed by atoms with E-state index in [0.717, 1.165) is 32.7 Å². The maximum atomic E-state index is 5.73. The van der Waals surface area contributed by atoms with Crippen molar-refractivity contribution >= 4 is 0 Å². The Kier molecular flexibility index (Phi) is 7.81. The third kappa shape index (κ3) is 5.83. The second-order valence-electron chi connectivity index (χ2n) is 4.63. The average Bonchev–Trinajstić information content (AvgIpc) is 2.35. The Labute approximate surface area is 99.9 Å². The van der Waals surface area contributed by atoms with Gasteiger partial charge in [0.15, 0.2) is 0 Å². The Balaban J connectivity index is 2.07. The summed E-state index contributed by atoms with van der Waals surface area (Å²) in [4.78, 5) is 0. The van der Waals surface area contributed by atoms with Crippen LogP contribution in [0.1, 0.15) is 45.4 Å². The van der Waals surface area contributed by atoms with Crippen molar-refractivity contribution in [1.29, 1.82) is 0 Å². The van der Waals surface area contributed by atoms with E-state index in [4.69, 9.17) is 9.47 Å². The van der Waals surface area contributed by atoms with Gasteiger partial charge in [0, 0.05) is 19.3 Å². The van der Waals surface area contributed by atoms with Gasteiger partial charge in [-0.3, -0.25) is 0 Å². The molecule has 0 radical (unpaired) electrons. The summed E-state index contributed by atoms with van der Waals surface area (Å²) in [6.45, 7) is 4.81. The standard InChI is InChI=1S/C13H27NO2/c1-3-9-15-11-12(14-2)7-8-13-6-4-5-10-16-13/h12-14H,3-11H2,1-2H3. The Hall–Kier alpha value is -0.120. The van der Waals surface area contributed by atoms with Crippen molar-refractivity contribution in [3.05, 3.63) is 0 Å². The molecule has 2 unspecified atom stereocenters. The Morgan fingerprint density at radius 3 is 2.94 bits per heavy atom. The number of hydrogen-bond donors (Lipinski definition) is 1. The first kappa shape index (κ1) is 13.9. The molecule has 1 rings (SSSR count). The minimum atomic E-state index is 0.483. The lowest BCUT2D eigenvalue weighted by molar-refractivity contribution is 0.00626. The van der Waals surface area contributed by atoms with E-state index < -0.39 is 0 Å². The summed E-state index contributed by atoms with van der Waals surface area (Å²) in [6, 6.07) is 0.483. The smallest absolute Gasteiger partial charge is 0.0619 e. The maximum absolute atomic E-state index is 5.73. The third-order valence-electron chi connectivity index (χ3n) is 3.19. The molecule has 0 spiro atoms. The summed E-state index contributed by atoms with van der Waals surface area (Å²) in [5.41, 5.74) is 0. The van der Waals surface area contributed by atoms with Crippen LogP contribution < -0.4 is 5.32 Å². The zero-order valence-corrected chi connectivity index (χ0v) is 10.8. The molecule has 0 aromatic rings. The van der Waals surface area contributed by atoms with E-state index in [9.17, 15) is 0 Å². The topological polar surface area (TPSA) is 30.5 Å². The molecule has 96 valence electrons. The van der Waals surface area contributed by atoms with Crippen molar-refractivity contribution in [1.82, 2.24) is 5.32 Å². The fourth-order valence-corrected chi connectivity index (χ4v) is 2.10. The molecule has 1 aliphatic rings. The van der Waals surface area contributed by atoms with Crippen molar-refractivity contribution in [3.63, 3.8) is 0 Å². The minimum Gasteiger partial charge on any atom is -0.380 e. The van der Waals surface area contributed by atoms with E-state index in [-0.39, 0.29) is 0 Å². The van der Waals surface area contributed by atoms with Gasteiger partial charge in [0.2, 0.25) is 0 Å². The fourth-order valence-electron chi connectivity index (χ4n) is 2.10. The average molecular weight is 229 g/mol. The molecular formula is C13H27NO2. The number of nitrogens with one attached hydrogen (secondary N) is 1. The molecule has 3 heteroatoms. The molecule has 0 bridgehead atoms. The molecule has 0 aromatic heterocycles.